The highest BCUT2D eigenvalue weighted by Crippen LogP contribution is 2.30. The third-order valence-corrected chi connectivity index (χ3v) is 3.44. The predicted molar refractivity (Wildman–Crippen MR) is 85.5 cm³/mol. The lowest BCUT2D eigenvalue weighted by atomic mass is 10.0. The second kappa shape index (κ2) is 5.05. The second-order valence-corrected chi connectivity index (χ2v) is 5.16. The lowest BCUT2D eigenvalue weighted by Gasteiger charge is -2.16. The number of carbonyl (C=O) groups excluding carboxylic acids is 1. The van der Waals surface area contributed by atoms with Gasteiger partial charge in [-0.05, 0) is 23.1 Å². The lowest BCUT2D eigenvalue weighted by molar-refractivity contribution is -0.130. The van der Waals surface area contributed by atoms with Gasteiger partial charge in [0.1, 0.15) is 0 Å². The van der Waals surface area contributed by atoms with Gasteiger partial charge in [-0.3, -0.25) is 0 Å². The molecule has 0 aliphatic carbocycles. The first-order chi connectivity index (χ1) is 10.1. The number of carbonyl (C=O) groups is 1. The molecule has 0 atom stereocenters. The van der Waals surface area contributed by atoms with Crippen molar-refractivity contribution in [2.45, 2.75) is 6.92 Å². The van der Waals surface area contributed by atoms with Crippen LogP contribution in [0.5, 0.6) is 0 Å². The minimum absolute atomic E-state index is 0.343. The van der Waals surface area contributed by atoms with E-state index in [1.54, 1.807) is 13.0 Å². The van der Waals surface area contributed by atoms with Gasteiger partial charge < -0.3 is 9.64 Å². The number of aliphatic imine (C=N–C) groups is 1. The summed E-state index contributed by atoms with van der Waals surface area (Å²) < 4.78 is 4.95. The van der Waals surface area contributed by atoms with E-state index in [1.165, 1.54) is 0 Å². The SMILES string of the molecule is CC1=N/C(=C\c2ccc(N(C)C)c3ccccc23)C(=O)O1. The Kier molecular flexibility index (Phi) is 3.22. The summed E-state index contributed by atoms with van der Waals surface area (Å²) in [5.74, 6) is -0.00580. The molecule has 0 fully saturated rings. The van der Waals surface area contributed by atoms with Crippen LogP contribution in [-0.4, -0.2) is 26.0 Å². The molecule has 1 heterocycles. The molecule has 3 rings (SSSR count). The van der Waals surface area contributed by atoms with Gasteiger partial charge in [-0.1, -0.05) is 30.3 Å². The Morgan fingerprint density at radius 3 is 2.43 bits per heavy atom. The van der Waals surface area contributed by atoms with Crippen LogP contribution in [-0.2, 0) is 9.53 Å². The van der Waals surface area contributed by atoms with Gasteiger partial charge in [-0.15, -0.1) is 0 Å². The molecule has 2 aromatic carbocycles. The minimum atomic E-state index is -0.395. The molecule has 4 heteroatoms. The summed E-state index contributed by atoms with van der Waals surface area (Å²) in [4.78, 5) is 17.9. The summed E-state index contributed by atoms with van der Waals surface area (Å²) in [6.45, 7) is 1.67. The Bertz CT molecular complexity index is 788. The molecular formula is C17H16N2O2. The molecule has 0 saturated carbocycles. The summed E-state index contributed by atoms with van der Waals surface area (Å²) in [7, 11) is 4.03. The molecule has 4 nitrogen and oxygen atoms in total. The van der Waals surface area contributed by atoms with E-state index >= 15 is 0 Å². The summed E-state index contributed by atoms with van der Waals surface area (Å²) >= 11 is 0. The molecule has 0 N–H and O–H groups in total. The molecule has 0 unspecified atom stereocenters. The Hall–Kier alpha value is -2.62. The van der Waals surface area contributed by atoms with E-state index in [0.717, 1.165) is 22.0 Å². The van der Waals surface area contributed by atoms with Crippen molar-refractivity contribution in [3.05, 3.63) is 47.7 Å². The van der Waals surface area contributed by atoms with Gasteiger partial charge in [0, 0.05) is 32.1 Å². The van der Waals surface area contributed by atoms with Gasteiger partial charge in [-0.2, -0.15) is 0 Å². The fourth-order valence-corrected chi connectivity index (χ4v) is 2.49. The third-order valence-electron chi connectivity index (χ3n) is 3.44. The number of cyclic esters (lactones) is 1. The number of hydrogen-bond donors (Lipinski definition) is 0. The van der Waals surface area contributed by atoms with E-state index in [1.807, 2.05) is 44.4 Å². The number of fused-ring (bicyclic) bond motifs is 1. The zero-order chi connectivity index (χ0) is 15.0. The fraction of sp³-hybridized carbons (Fsp3) is 0.176. The van der Waals surface area contributed by atoms with Crippen molar-refractivity contribution in [2.24, 2.45) is 4.99 Å². The van der Waals surface area contributed by atoms with Crippen molar-refractivity contribution in [3.8, 4) is 0 Å². The smallest absolute Gasteiger partial charge is 0.363 e. The normalized spacial score (nSPS) is 16.2. The zero-order valence-electron chi connectivity index (χ0n) is 12.3. The number of anilines is 1. The third kappa shape index (κ3) is 2.40. The lowest BCUT2D eigenvalue weighted by Crippen LogP contribution is -2.09. The first-order valence-corrected chi connectivity index (χ1v) is 6.74. The summed E-state index contributed by atoms with van der Waals surface area (Å²) in [6, 6.07) is 12.2. The van der Waals surface area contributed by atoms with Crippen molar-refractivity contribution in [1.29, 1.82) is 0 Å². The second-order valence-electron chi connectivity index (χ2n) is 5.16. The van der Waals surface area contributed by atoms with E-state index in [4.69, 9.17) is 4.74 Å². The zero-order valence-corrected chi connectivity index (χ0v) is 12.3. The van der Waals surface area contributed by atoms with E-state index in [0.29, 0.717) is 11.6 Å². The number of benzene rings is 2. The van der Waals surface area contributed by atoms with Crippen LogP contribution in [0, 0.1) is 0 Å². The summed E-state index contributed by atoms with van der Waals surface area (Å²) in [5.41, 5.74) is 2.44. The van der Waals surface area contributed by atoms with Crippen LogP contribution >= 0.6 is 0 Å². The maximum Gasteiger partial charge on any atom is 0.363 e. The number of nitrogens with zero attached hydrogens (tertiary/aromatic N) is 2. The van der Waals surface area contributed by atoms with Crippen LogP contribution in [0.2, 0.25) is 0 Å². The van der Waals surface area contributed by atoms with E-state index in [9.17, 15) is 4.79 Å². The molecule has 1 aliphatic heterocycles. The molecular weight excluding hydrogens is 264 g/mol. The highest BCUT2D eigenvalue weighted by Gasteiger charge is 2.20. The van der Waals surface area contributed by atoms with Gasteiger partial charge in [-0.25, -0.2) is 9.79 Å². The standard InChI is InChI=1S/C17H16N2O2/c1-11-18-15(17(20)21-11)10-12-8-9-16(19(2)3)14-7-5-4-6-13(12)14/h4-10H,1-3H3/b15-10-. The highest BCUT2D eigenvalue weighted by molar-refractivity contribution is 6.08. The van der Waals surface area contributed by atoms with Crippen LogP contribution in [0.4, 0.5) is 5.69 Å². The molecule has 0 aromatic heterocycles. The molecule has 2 aromatic rings. The van der Waals surface area contributed by atoms with Crippen molar-refractivity contribution in [1.82, 2.24) is 0 Å². The van der Waals surface area contributed by atoms with Gasteiger partial charge in [0.25, 0.3) is 0 Å². The molecule has 0 spiro atoms. The van der Waals surface area contributed by atoms with Gasteiger partial charge in [0.15, 0.2) is 11.6 Å². The Balaban J connectivity index is 2.19. The highest BCUT2D eigenvalue weighted by atomic mass is 16.6. The Morgan fingerprint density at radius 1 is 1.10 bits per heavy atom. The van der Waals surface area contributed by atoms with Crippen LogP contribution in [0.15, 0.2) is 47.1 Å². The van der Waals surface area contributed by atoms with E-state index in [-0.39, 0.29) is 0 Å². The molecule has 0 radical (unpaired) electrons. The van der Waals surface area contributed by atoms with E-state index in [2.05, 4.69) is 16.0 Å². The maximum atomic E-state index is 11.7. The first kappa shape index (κ1) is 13.4. The van der Waals surface area contributed by atoms with Crippen molar-refractivity contribution >= 4 is 34.4 Å². The quantitative estimate of drug-likeness (QED) is 0.626. The monoisotopic (exact) mass is 280 g/mol. The van der Waals surface area contributed by atoms with Crippen molar-refractivity contribution < 1.29 is 9.53 Å². The molecule has 1 aliphatic rings. The van der Waals surface area contributed by atoms with Crippen LogP contribution in [0.1, 0.15) is 12.5 Å². The molecule has 0 amide bonds. The molecule has 106 valence electrons. The molecule has 0 saturated heterocycles. The van der Waals surface area contributed by atoms with E-state index < -0.39 is 5.97 Å². The van der Waals surface area contributed by atoms with Gasteiger partial charge >= 0.3 is 5.97 Å². The van der Waals surface area contributed by atoms with Crippen LogP contribution in [0.3, 0.4) is 0 Å². The maximum absolute atomic E-state index is 11.7. The summed E-state index contributed by atoms with van der Waals surface area (Å²) in [6.07, 6.45) is 1.78. The summed E-state index contributed by atoms with van der Waals surface area (Å²) in [5, 5.41) is 2.23. The number of hydrogen-bond acceptors (Lipinski definition) is 4. The Morgan fingerprint density at radius 2 is 1.81 bits per heavy atom. The minimum Gasteiger partial charge on any atom is -0.407 e. The van der Waals surface area contributed by atoms with Crippen LogP contribution in [0.25, 0.3) is 16.8 Å². The average molecular weight is 280 g/mol. The first-order valence-electron chi connectivity index (χ1n) is 6.74. The van der Waals surface area contributed by atoms with Gasteiger partial charge in [0.05, 0.1) is 0 Å². The number of esters is 1. The number of rotatable bonds is 2. The topological polar surface area (TPSA) is 41.9 Å². The molecule has 21 heavy (non-hydrogen) atoms. The van der Waals surface area contributed by atoms with Crippen molar-refractivity contribution in [3.63, 3.8) is 0 Å². The van der Waals surface area contributed by atoms with Crippen LogP contribution < -0.4 is 4.90 Å². The Labute approximate surface area is 123 Å². The number of ether oxygens (including phenoxy) is 1. The van der Waals surface area contributed by atoms with Crippen molar-refractivity contribution in [2.75, 3.05) is 19.0 Å². The largest absolute Gasteiger partial charge is 0.407 e. The fourth-order valence-electron chi connectivity index (χ4n) is 2.49. The molecule has 0 bridgehead atoms. The predicted octanol–water partition coefficient (Wildman–Crippen LogP) is 3.22. The average Bonchev–Trinajstić information content (AvgIpc) is 2.77. The van der Waals surface area contributed by atoms with Gasteiger partial charge in [0.2, 0.25) is 0 Å².